The maximum Gasteiger partial charge on any atom is 0.337 e. The summed E-state index contributed by atoms with van der Waals surface area (Å²) < 4.78 is 0. The van der Waals surface area contributed by atoms with Crippen molar-refractivity contribution < 1.29 is 9.90 Å². The summed E-state index contributed by atoms with van der Waals surface area (Å²) in [6.07, 6.45) is 3.11. The van der Waals surface area contributed by atoms with Crippen molar-refractivity contribution >= 4 is 34.2 Å². The van der Waals surface area contributed by atoms with Crippen molar-refractivity contribution in [3.8, 4) is 0 Å². The molecule has 0 unspecified atom stereocenters. The lowest BCUT2D eigenvalue weighted by molar-refractivity contribution is 0.0699. The van der Waals surface area contributed by atoms with Gasteiger partial charge in [0, 0.05) is 23.8 Å². The van der Waals surface area contributed by atoms with Gasteiger partial charge in [0.25, 0.3) is 0 Å². The quantitative estimate of drug-likeness (QED) is 0.469. The van der Waals surface area contributed by atoms with Crippen LogP contribution in [0, 0.1) is 0 Å². The Morgan fingerprint density at radius 3 is 2.68 bits per heavy atom. The maximum absolute atomic E-state index is 11.4. The number of hydrogen-bond acceptors (Lipinski definition) is 6. The first-order valence-electron chi connectivity index (χ1n) is 8.68. The van der Waals surface area contributed by atoms with Gasteiger partial charge >= 0.3 is 5.97 Å². The Balaban J connectivity index is 1.54. The number of nitrogens with zero attached hydrogens (tertiary/aromatic N) is 3. The van der Waals surface area contributed by atoms with Crippen LogP contribution in [0.2, 0.25) is 0 Å². The number of pyridine rings is 1. The number of aromatic nitrogens is 3. The standard InChI is InChI=1S/C21H17N5O2/c27-21(28)17-8-4-7-16-19(17)24-13-25-20(16)23-12-14-5-3-6-15(11-14)26-18-9-1-2-10-22-18/h1-11,13H,12H2,(H,22,26)(H,27,28)(H,23,24,25). The monoisotopic (exact) mass is 371 g/mol. The van der Waals surface area contributed by atoms with E-state index in [2.05, 4.69) is 25.6 Å². The zero-order valence-corrected chi connectivity index (χ0v) is 14.8. The Morgan fingerprint density at radius 2 is 1.86 bits per heavy atom. The van der Waals surface area contributed by atoms with E-state index in [9.17, 15) is 9.90 Å². The fraction of sp³-hybridized carbons (Fsp3) is 0.0476. The smallest absolute Gasteiger partial charge is 0.337 e. The second-order valence-electron chi connectivity index (χ2n) is 6.12. The lowest BCUT2D eigenvalue weighted by Gasteiger charge is -2.11. The number of aromatic carboxylic acids is 1. The van der Waals surface area contributed by atoms with Crippen molar-refractivity contribution in [1.29, 1.82) is 0 Å². The van der Waals surface area contributed by atoms with Crippen molar-refractivity contribution in [1.82, 2.24) is 15.0 Å². The van der Waals surface area contributed by atoms with E-state index in [1.165, 1.54) is 12.4 Å². The van der Waals surface area contributed by atoms with Crippen LogP contribution in [-0.4, -0.2) is 26.0 Å². The minimum atomic E-state index is -1.01. The molecule has 0 fully saturated rings. The zero-order chi connectivity index (χ0) is 19.3. The van der Waals surface area contributed by atoms with E-state index in [1.807, 2.05) is 48.5 Å². The number of fused-ring (bicyclic) bond motifs is 1. The Kier molecular flexibility index (Phi) is 4.79. The number of nitrogens with one attached hydrogen (secondary N) is 2. The van der Waals surface area contributed by atoms with Gasteiger partial charge in [-0.05, 0) is 42.0 Å². The molecular formula is C21H17N5O2. The number of hydrogen-bond donors (Lipinski definition) is 3. The highest BCUT2D eigenvalue weighted by Crippen LogP contribution is 2.23. The van der Waals surface area contributed by atoms with Gasteiger partial charge in [-0.1, -0.05) is 24.3 Å². The minimum absolute atomic E-state index is 0.157. The molecule has 0 atom stereocenters. The molecule has 0 aliphatic rings. The lowest BCUT2D eigenvalue weighted by atomic mass is 10.1. The van der Waals surface area contributed by atoms with E-state index in [4.69, 9.17) is 0 Å². The van der Waals surface area contributed by atoms with E-state index in [1.54, 1.807) is 12.3 Å². The van der Waals surface area contributed by atoms with Crippen LogP contribution < -0.4 is 10.6 Å². The zero-order valence-electron chi connectivity index (χ0n) is 14.8. The van der Waals surface area contributed by atoms with Gasteiger partial charge < -0.3 is 15.7 Å². The Bertz CT molecular complexity index is 1130. The number of anilines is 3. The molecule has 2 heterocycles. The molecule has 138 valence electrons. The average molecular weight is 371 g/mol. The van der Waals surface area contributed by atoms with Crippen LogP contribution in [0.15, 0.2) is 73.2 Å². The van der Waals surface area contributed by atoms with Crippen LogP contribution in [0.5, 0.6) is 0 Å². The summed E-state index contributed by atoms with van der Waals surface area (Å²) in [4.78, 5) is 24.1. The molecule has 0 aliphatic heterocycles. The summed E-state index contributed by atoms with van der Waals surface area (Å²) >= 11 is 0. The molecule has 0 amide bonds. The normalized spacial score (nSPS) is 10.6. The predicted molar refractivity (Wildman–Crippen MR) is 108 cm³/mol. The van der Waals surface area contributed by atoms with Crippen LogP contribution in [0.25, 0.3) is 10.9 Å². The molecule has 0 saturated heterocycles. The average Bonchev–Trinajstić information content (AvgIpc) is 2.72. The molecule has 7 nitrogen and oxygen atoms in total. The Labute approximate surface area is 161 Å². The van der Waals surface area contributed by atoms with E-state index in [0.717, 1.165) is 17.1 Å². The minimum Gasteiger partial charge on any atom is -0.478 e. The van der Waals surface area contributed by atoms with Crippen molar-refractivity contribution in [2.75, 3.05) is 10.6 Å². The van der Waals surface area contributed by atoms with Gasteiger partial charge in [0.05, 0.1) is 11.1 Å². The molecule has 4 aromatic rings. The van der Waals surface area contributed by atoms with Gasteiger partial charge in [-0.15, -0.1) is 0 Å². The number of benzene rings is 2. The molecule has 0 bridgehead atoms. The summed E-state index contributed by atoms with van der Waals surface area (Å²) in [6, 6.07) is 18.7. The maximum atomic E-state index is 11.4. The topological polar surface area (TPSA) is 100 Å². The highest BCUT2D eigenvalue weighted by Gasteiger charge is 2.12. The molecule has 3 N–H and O–H groups in total. The van der Waals surface area contributed by atoms with Crippen LogP contribution >= 0.6 is 0 Å². The largest absolute Gasteiger partial charge is 0.478 e. The first-order chi connectivity index (χ1) is 13.7. The summed E-state index contributed by atoms with van der Waals surface area (Å²) in [5.41, 5.74) is 2.54. The highest BCUT2D eigenvalue weighted by molar-refractivity contribution is 6.04. The second kappa shape index (κ2) is 7.71. The van der Waals surface area contributed by atoms with E-state index < -0.39 is 5.97 Å². The fourth-order valence-corrected chi connectivity index (χ4v) is 2.93. The molecule has 0 aliphatic carbocycles. The number of carboxylic acid groups (broad SMARTS) is 1. The van der Waals surface area contributed by atoms with Crippen molar-refractivity contribution in [2.45, 2.75) is 6.54 Å². The van der Waals surface area contributed by atoms with Crippen molar-refractivity contribution in [3.63, 3.8) is 0 Å². The Hall–Kier alpha value is -4.00. The summed E-state index contributed by atoms with van der Waals surface area (Å²) in [6.45, 7) is 0.529. The molecule has 0 saturated carbocycles. The Morgan fingerprint density at radius 1 is 0.964 bits per heavy atom. The third-order valence-electron chi connectivity index (χ3n) is 4.22. The number of carbonyl (C=O) groups is 1. The third-order valence-corrected chi connectivity index (χ3v) is 4.22. The van der Waals surface area contributed by atoms with Gasteiger partial charge in [-0.3, -0.25) is 0 Å². The molecule has 0 spiro atoms. The van der Waals surface area contributed by atoms with Crippen LogP contribution in [0.1, 0.15) is 15.9 Å². The van der Waals surface area contributed by atoms with Gasteiger partial charge in [0.1, 0.15) is 18.0 Å². The molecule has 2 aromatic heterocycles. The first-order valence-corrected chi connectivity index (χ1v) is 8.68. The van der Waals surface area contributed by atoms with E-state index in [-0.39, 0.29) is 5.56 Å². The number of para-hydroxylation sites is 1. The molecule has 2 aromatic carbocycles. The van der Waals surface area contributed by atoms with Crippen molar-refractivity contribution in [2.24, 2.45) is 0 Å². The van der Waals surface area contributed by atoms with Gasteiger partial charge in [-0.2, -0.15) is 0 Å². The molecule has 28 heavy (non-hydrogen) atoms. The SMILES string of the molecule is O=C(O)c1cccc2c(NCc3cccc(Nc4ccccn4)c3)ncnc12. The van der Waals surface area contributed by atoms with E-state index >= 15 is 0 Å². The van der Waals surface area contributed by atoms with Crippen LogP contribution in [0.4, 0.5) is 17.3 Å². The highest BCUT2D eigenvalue weighted by atomic mass is 16.4. The summed E-state index contributed by atoms with van der Waals surface area (Å²) in [5.74, 6) is 0.357. The van der Waals surface area contributed by atoms with Gasteiger partial charge in [0.15, 0.2) is 0 Å². The molecular weight excluding hydrogens is 354 g/mol. The third kappa shape index (κ3) is 3.73. The lowest BCUT2D eigenvalue weighted by Crippen LogP contribution is -2.05. The van der Waals surface area contributed by atoms with Crippen molar-refractivity contribution in [3.05, 3.63) is 84.3 Å². The number of carboxylic acids is 1. The van der Waals surface area contributed by atoms with Gasteiger partial charge in [0.2, 0.25) is 0 Å². The number of rotatable bonds is 6. The van der Waals surface area contributed by atoms with Crippen LogP contribution in [0.3, 0.4) is 0 Å². The van der Waals surface area contributed by atoms with E-state index in [0.29, 0.717) is 23.3 Å². The molecule has 0 radical (unpaired) electrons. The van der Waals surface area contributed by atoms with Crippen LogP contribution in [-0.2, 0) is 6.54 Å². The summed E-state index contributed by atoms with van der Waals surface area (Å²) in [7, 11) is 0. The fourth-order valence-electron chi connectivity index (χ4n) is 2.93. The second-order valence-corrected chi connectivity index (χ2v) is 6.12. The predicted octanol–water partition coefficient (Wildman–Crippen LogP) is 4.08. The first kappa shape index (κ1) is 17.4. The molecule has 7 heteroatoms. The van der Waals surface area contributed by atoms with Gasteiger partial charge in [-0.25, -0.2) is 19.7 Å². The summed E-state index contributed by atoms with van der Waals surface area (Å²) in [5, 5.41) is 16.5. The molecule has 4 rings (SSSR count).